The highest BCUT2D eigenvalue weighted by Gasteiger charge is 2.29. The average Bonchev–Trinajstić information content (AvgIpc) is 2.54. The lowest BCUT2D eigenvalue weighted by molar-refractivity contribution is -0.157. The number of esters is 1. The van der Waals surface area contributed by atoms with Gasteiger partial charge in [-0.3, -0.25) is 4.79 Å². The zero-order chi connectivity index (χ0) is 15.1. The van der Waals surface area contributed by atoms with Crippen molar-refractivity contribution < 1.29 is 9.53 Å². The van der Waals surface area contributed by atoms with Crippen LogP contribution in [-0.4, -0.2) is 12.1 Å². The number of hydrogen-bond acceptors (Lipinski definition) is 3. The Kier molecular flexibility index (Phi) is 6.29. The molecule has 0 unspecified atom stereocenters. The van der Waals surface area contributed by atoms with Crippen LogP contribution in [0.5, 0.6) is 0 Å². The molecule has 0 bridgehead atoms. The Hall–Kier alpha value is -1.30. The third-order valence-corrected chi connectivity index (χ3v) is 5.20. The first-order chi connectivity index (χ1) is 10.2. The van der Waals surface area contributed by atoms with E-state index in [9.17, 15) is 4.79 Å². The molecule has 2 fully saturated rings. The molecule has 0 aliphatic heterocycles. The molecule has 0 amide bonds. The van der Waals surface area contributed by atoms with Crippen molar-refractivity contribution in [3.8, 4) is 6.07 Å². The molecule has 0 radical (unpaired) electrons. The molecule has 2 aliphatic carbocycles. The van der Waals surface area contributed by atoms with Gasteiger partial charge in [0.1, 0.15) is 6.10 Å². The smallest absolute Gasteiger partial charge is 0.309 e. The molecule has 0 aromatic carbocycles. The molecule has 3 nitrogen and oxygen atoms in total. The van der Waals surface area contributed by atoms with E-state index in [-0.39, 0.29) is 18.0 Å². The van der Waals surface area contributed by atoms with Gasteiger partial charge in [-0.2, -0.15) is 5.26 Å². The fraction of sp³-hybridized carbons (Fsp3) is 0.778. The average molecular weight is 289 g/mol. The fourth-order valence-corrected chi connectivity index (χ4v) is 3.64. The van der Waals surface area contributed by atoms with E-state index in [4.69, 9.17) is 10.00 Å². The Morgan fingerprint density at radius 1 is 1.14 bits per heavy atom. The van der Waals surface area contributed by atoms with Gasteiger partial charge in [-0.15, -0.1) is 0 Å². The number of allylic oxidation sites excluding steroid dienone is 2. The molecule has 2 aliphatic rings. The maximum absolute atomic E-state index is 12.2. The van der Waals surface area contributed by atoms with Crippen LogP contribution in [0.15, 0.2) is 12.2 Å². The van der Waals surface area contributed by atoms with Crippen LogP contribution in [0.1, 0.15) is 64.7 Å². The second-order valence-corrected chi connectivity index (χ2v) is 6.59. The van der Waals surface area contributed by atoms with E-state index >= 15 is 0 Å². The van der Waals surface area contributed by atoms with Crippen molar-refractivity contribution in [2.45, 2.75) is 70.8 Å². The van der Waals surface area contributed by atoms with Crippen molar-refractivity contribution in [1.29, 1.82) is 5.26 Å². The summed E-state index contributed by atoms with van der Waals surface area (Å²) in [6, 6.07) is 2.04. The predicted octanol–water partition coefficient (Wildman–Crippen LogP) is 4.38. The van der Waals surface area contributed by atoms with Gasteiger partial charge < -0.3 is 4.74 Å². The maximum Gasteiger partial charge on any atom is 0.309 e. The van der Waals surface area contributed by atoms with E-state index < -0.39 is 0 Å². The molecule has 116 valence electrons. The Balaban J connectivity index is 1.70. The van der Waals surface area contributed by atoms with E-state index in [0.717, 1.165) is 44.4 Å². The minimum Gasteiger partial charge on any atom is -0.462 e. The van der Waals surface area contributed by atoms with E-state index in [0.29, 0.717) is 5.92 Å². The number of nitrogens with zero attached hydrogens (tertiary/aromatic N) is 1. The Bertz CT molecular complexity index is 394. The van der Waals surface area contributed by atoms with Gasteiger partial charge in [0.15, 0.2) is 0 Å². The lowest BCUT2D eigenvalue weighted by Crippen LogP contribution is -2.29. The van der Waals surface area contributed by atoms with Gasteiger partial charge in [0.25, 0.3) is 0 Å². The fourth-order valence-electron chi connectivity index (χ4n) is 3.64. The molecule has 21 heavy (non-hydrogen) atoms. The normalized spacial score (nSPS) is 33.5. The first-order valence-electron chi connectivity index (χ1n) is 8.49. The minimum atomic E-state index is 0.0422. The Morgan fingerprint density at radius 2 is 1.81 bits per heavy atom. The molecule has 0 aromatic rings. The number of hydrogen-bond donors (Lipinski definition) is 0. The van der Waals surface area contributed by atoms with Crippen molar-refractivity contribution in [3.05, 3.63) is 12.2 Å². The molecule has 2 saturated carbocycles. The van der Waals surface area contributed by atoms with Gasteiger partial charge in [0.05, 0.1) is 12.0 Å². The van der Waals surface area contributed by atoms with Crippen LogP contribution in [0, 0.1) is 29.1 Å². The topological polar surface area (TPSA) is 50.1 Å². The number of nitriles is 1. The minimum absolute atomic E-state index is 0.0422. The van der Waals surface area contributed by atoms with Crippen molar-refractivity contribution in [2.75, 3.05) is 0 Å². The molecule has 2 rings (SSSR count). The van der Waals surface area contributed by atoms with E-state index in [1.807, 2.05) is 12.1 Å². The van der Waals surface area contributed by atoms with Crippen molar-refractivity contribution >= 4 is 5.97 Å². The molecule has 0 heterocycles. The number of carbonyl (C=O) groups excluding carboxylic acids is 1. The first-order valence-corrected chi connectivity index (χ1v) is 8.49. The van der Waals surface area contributed by atoms with Crippen molar-refractivity contribution in [3.63, 3.8) is 0 Å². The molecular weight excluding hydrogens is 262 g/mol. The first kappa shape index (κ1) is 16.1. The zero-order valence-corrected chi connectivity index (χ0v) is 13.1. The monoisotopic (exact) mass is 289 g/mol. The highest BCUT2D eigenvalue weighted by Crippen LogP contribution is 2.33. The van der Waals surface area contributed by atoms with Crippen LogP contribution in [-0.2, 0) is 9.53 Å². The second-order valence-electron chi connectivity index (χ2n) is 6.59. The summed E-state index contributed by atoms with van der Waals surface area (Å²) in [5.41, 5.74) is 0. The van der Waals surface area contributed by atoms with Crippen molar-refractivity contribution in [2.24, 2.45) is 17.8 Å². The second kappa shape index (κ2) is 8.22. The van der Waals surface area contributed by atoms with Gasteiger partial charge in [0, 0.05) is 6.08 Å². The van der Waals surface area contributed by atoms with Crippen LogP contribution in [0.3, 0.4) is 0 Å². The third kappa shape index (κ3) is 4.88. The summed E-state index contributed by atoms with van der Waals surface area (Å²) in [5, 5.41) is 8.54. The summed E-state index contributed by atoms with van der Waals surface area (Å²) in [4.78, 5) is 12.2. The van der Waals surface area contributed by atoms with Crippen LogP contribution in [0.4, 0.5) is 0 Å². The van der Waals surface area contributed by atoms with Gasteiger partial charge >= 0.3 is 5.97 Å². The van der Waals surface area contributed by atoms with Gasteiger partial charge in [-0.05, 0) is 63.2 Å². The van der Waals surface area contributed by atoms with E-state index in [2.05, 4.69) is 6.92 Å². The molecule has 3 heteroatoms. The van der Waals surface area contributed by atoms with E-state index in [1.54, 1.807) is 6.08 Å². The van der Waals surface area contributed by atoms with Crippen molar-refractivity contribution in [1.82, 2.24) is 0 Å². The van der Waals surface area contributed by atoms with Crippen LogP contribution in [0.25, 0.3) is 0 Å². The van der Waals surface area contributed by atoms with Crippen LogP contribution < -0.4 is 0 Å². The third-order valence-electron chi connectivity index (χ3n) is 5.20. The molecular formula is C18H27NO2. The molecule has 0 spiro atoms. The summed E-state index contributed by atoms with van der Waals surface area (Å²) in [5.74, 6) is 1.49. The predicted molar refractivity (Wildman–Crippen MR) is 82.3 cm³/mol. The SMILES string of the molecule is CC[C@H]1CC[C@H](C(=O)O[C@H]2CC[C@H](C=CC#N)CC2)CC1. The summed E-state index contributed by atoms with van der Waals surface area (Å²) < 4.78 is 5.72. The lowest BCUT2D eigenvalue weighted by atomic mass is 9.81. The summed E-state index contributed by atoms with van der Waals surface area (Å²) >= 11 is 0. The summed E-state index contributed by atoms with van der Waals surface area (Å²) in [7, 11) is 0. The van der Waals surface area contributed by atoms with Gasteiger partial charge in [0.2, 0.25) is 0 Å². The Labute approximate surface area is 128 Å². The van der Waals surface area contributed by atoms with Gasteiger partial charge in [-0.25, -0.2) is 0 Å². The molecule has 0 atom stereocenters. The van der Waals surface area contributed by atoms with E-state index in [1.165, 1.54) is 19.3 Å². The van der Waals surface area contributed by atoms with Gasteiger partial charge in [-0.1, -0.05) is 19.4 Å². The lowest BCUT2D eigenvalue weighted by Gasteiger charge is -2.30. The highest BCUT2D eigenvalue weighted by molar-refractivity contribution is 5.72. The Morgan fingerprint density at radius 3 is 2.38 bits per heavy atom. The maximum atomic E-state index is 12.2. The standard InChI is InChI=1S/C18H27NO2/c1-2-14-5-9-16(10-6-14)18(20)21-17-11-7-15(8-12-17)4-3-13-19/h3-4,14-17H,2,5-12H2,1H3/t14-,15-,16-,17-. The van der Waals surface area contributed by atoms with Crippen LogP contribution >= 0.6 is 0 Å². The quantitative estimate of drug-likeness (QED) is 0.570. The highest BCUT2D eigenvalue weighted by atomic mass is 16.5. The molecule has 0 N–H and O–H groups in total. The number of carbonyl (C=O) groups is 1. The summed E-state index contributed by atoms with van der Waals surface area (Å²) in [6.45, 7) is 2.24. The summed E-state index contributed by atoms with van der Waals surface area (Å²) in [6.07, 6.45) is 13.2. The number of ether oxygens (including phenoxy) is 1. The largest absolute Gasteiger partial charge is 0.462 e. The van der Waals surface area contributed by atoms with Crippen LogP contribution in [0.2, 0.25) is 0 Å². The number of rotatable bonds is 4. The zero-order valence-electron chi connectivity index (χ0n) is 13.1. The molecule has 0 aromatic heterocycles. The molecule has 0 saturated heterocycles.